The van der Waals surface area contributed by atoms with Crippen LogP contribution in [0.15, 0.2) is 24.3 Å². The zero-order chi connectivity index (χ0) is 15.8. The molecule has 0 radical (unpaired) electrons. The highest BCUT2D eigenvalue weighted by molar-refractivity contribution is 5.93. The highest BCUT2D eigenvalue weighted by Gasteiger charge is 2.18. The number of para-hydroxylation sites is 2. The molecule has 0 heterocycles. The number of ether oxygens (including phenoxy) is 1. The highest BCUT2D eigenvalue weighted by atomic mass is 16.5. The predicted octanol–water partition coefficient (Wildman–Crippen LogP) is 1.82. The van der Waals surface area contributed by atoms with E-state index in [1.165, 1.54) is 7.11 Å². The Morgan fingerprint density at radius 3 is 2.62 bits per heavy atom. The van der Waals surface area contributed by atoms with E-state index in [0.29, 0.717) is 18.0 Å². The van der Waals surface area contributed by atoms with E-state index in [1.54, 1.807) is 19.1 Å². The van der Waals surface area contributed by atoms with Crippen molar-refractivity contribution in [3.05, 3.63) is 24.3 Å². The Labute approximate surface area is 124 Å². The van der Waals surface area contributed by atoms with Gasteiger partial charge in [-0.3, -0.25) is 14.5 Å². The lowest BCUT2D eigenvalue weighted by molar-refractivity contribution is -0.138. The molecule has 1 aromatic rings. The van der Waals surface area contributed by atoms with Crippen LogP contribution in [0.2, 0.25) is 0 Å². The molecule has 0 aliphatic rings. The van der Waals surface area contributed by atoms with Crippen molar-refractivity contribution in [1.29, 1.82) is 0 Å². The molecule has 0 saturated carbocycles. The maximum atomic E-state index is 12.1. The minimum atomic E-state index is -0.869. The molecule has 1 atom stereocenters. The number of anilines is 1. The van der Waals surface area contributed by atoms with E-state index in [1.807, 2.05) is 24.0 Å². The second kappa shape index (κ2) is 8.26. The lowest BCUT2D eigenvalue weighted by Gasteiger charge is -2.26. The van der Waals surface area contributed by atoms with Gasteiger partial charge < -0.3 is 15.2 Å². The number of methoxy groups -OCH3 is 1. The van der Waals surface area contributed by atoms with Crippen molar-refractivity contribution in [2.45, 2.75) is 26.3 Å². The van der Waals surface area contributed by atoms with Gasteiger partial charge in [-0.15, -0.1) is 0 Å². The van der Waals surface area contributed by atoms with E-state index in [0.717, 1.165) is 0 Å². The van der Waals surface area contributed by atoms with Gasteiger partial charge in [0.25, 0.3) is 0 Å². The van der Waals surface area contributed by atoms with Crippen LogP contribution in [0.4, 0.5) is 5.69 Å². The lowest BCUT2D eigenvalue weighted by atomic mass is 10.2. The summed E-state index contributed by atoms with van der Waals surface area (Å²) < 4.78 is 5.17. The van der Waals surface area contributed by atoms with Crippen LogP contribution in [0.25, 0.3) is 0 Å². The summed E-state index contributed by atoms with van der Waals surface area (Å²) in [5.41, 5.74) is 0.604. The maximum absolute atomic E-state index is 12.1. The van der Waals surface area contributed by atoms with Gasteiger partial charge in [0.05, 0.1) is 25.8 Å². The van der Waals surface area contributed by atoms with E-state index >= 15 is 0 Å². The third kappa shape index (κ3) is 5.43. The van der Waals surface area contributed by atoms with Crippen molar-refractivity contribution in [3.8, 4) is 5.75 Å². The largest absolute Gasteiger partial charge is 0.495 e. The van der Waals surface area contributed by atoms with Crippen LogP contribution in [0.3, 0.4) is 0 Å². The number of carbonyl (C=O) groups is 2. The molecule has 1 amide bonds. The smallest absolute Gasteiger partial charge is 0.304 e. The van der Waals surface area contributed by atoms with Crippen LogP contribution in [0.5, 0.6) is 5.75 Å². The number of rotatable bonds is 8. The SMILES string of the molecule is CCN(CC(=O)Nc1ccccc1OC)C(C)CC(=O)O. The Hall–Kier alpha value is -2.08. The van der Waals surface area contributed by atoms with E-state index < -0.39 is 5.97 Å². The van der Waals surface area contributed by atoms with Crippen molar-refractivity contribution < 1.29 is 19.4 Å². The molecule has 21 heavy (non-hydrogen) atoms. The molecule has 0 saturated heterocycles. The van der Waals surface area contributed by atoms with Gasteiger partial charge in [-0.2, -0.15) is 0 Å². The van der Waals surface area contributed by atoms with Gasteiger partial charge in [-0.05, 0) is 25.6 Å². The second-order valence-corrected chi connectivity index (χ2v) is 4.76. The molecule has 0 bridgehead atoms. The first-order valence-corrected chi connectivity index (χ1v) is 6.86. The second-order valence-electron chi connectivity index (χ2n) is 4.76. The van der Waals surface area contributed by atoms with E-state index in [2.05, 4.69) is 5.32 Å². The Morgan fingerprint density at radius 2 is 2.05 bits per heavy atom. The van der Waals surface area contributed by atoms with Gasteiger partial charge in [0.15, 0.2) is 0 Å². The number of benzene rings is 1. The van der Waals surface area contributed by atoms with Crippen molar-refractivity contribution in [2.24, 2.45) is 0 Å². The molecule has 1 aromatic carbocycles. The number of carboxylic acid groups (broad SMARTS) is 1. The van der Waals surface area contributed by atoms with Crippen LogP contribution in [0, 0.1) is 0 Å². The number of hydrogen-bond acceptors (Lipinski definition) is 4. The zero-order valence-corrected chi connectivity index (χ0v) is 12.6. The standard InChI is InChI=1S/C15H22N2O4/c1-4-17(11(2)9-15(19)20)10-14(18)16-12-7-5-6-8-13(12)21-3/h5-8,11H,4,9-10H2,1-3H3,(H,16,18)(H,19,20). The fourth-order valence-corrected chi connectivity index (χ4v) is 2.08. The molecule has 6 heteroatoms. The number of likely N-dealkylation sites (N-methyl/N-ethyl adjacent to an activating group) is 1. The number of aliphatic carboxylic acids is 1. The van der Waals surface area contributed by atoms with Crippen molar-refractivity contribution in [3.63, 3.8) is 0 Å². The zero-order valence-electron chi connectivity index (χ0n) is 12.6. The predicted molar refractivity (Wildman–Crippen MR) is 80.6 cm³/mol. The summed E-state index contributed by atoms with van der Waals surface area (Å²) in [6.45, 7) is 4.44. The summed E-state index contributed by atoms with van der Waals surface area (Å²) in [5.74, 6) is -0.475. The molecule has 1 rings (SSSR count). The third-order valence-corrected chi connectivity index (χ3v) is 3.23. The monoisotopic (exact) mass is 294 g/mol. The first kappa shape index (κ1) is 17.0. The molecule has 2 N–H and O–H groups in total. The summed E-state index contributed by atoms with van der Waals surface area (Å²) in [6, 6.07) is 6.95. The summed E-state index contributed by atoms with van der Waals surface area (Å²) >= 11 is 0. The van der Waals surface area contributed by atoms with Crippen LogP contribution >= 0.6 is 0 Å². The molecule has 0 fully saturated rings. The first-order valence-electron chi connectivity index (χ1n) is 6.86. The van der Waals surface area contributed by atoms with Gasteiger partial charge >= 0.3 is 5.97 Å². The summed E-state index contributed by atoms with van der Waals surface area (Å²) in [7, 11) is 1.54. The summed E-state index contributed by atoms with van der Waals surface area (Å²) in [4.78, 5) is 24.6. The molecular weight excluding hydrogens is 272 g/mol. The van der Waals surface area contributed by atoms with Crippen LogP contribution < -0.4 is 10.1 Å². The average molecular weight is 294 g/mol. The topological polar surface area (TPSA) is 78.9 Å². The highest BCUT2D eigenvalue weighted by Crippen LogP contribution is 2.22. The maximum Gasteiger partial charge on any atom is 0.304 e. The van der Waals surface area contributed by atoms with Crippen LogP contribution in [0.1, 0.15) is 20.3 Å². The van der Waals surface area contributed by atoms with Crippen molar-refractivity contribution >= 4 is 17.6 Å². The molecule has 0 aliphatic carbocycles. The van der Waals surface area contributed by atoms with Gasteiger partial charge in [0, 0.05) is 6.04 Å². The van der Waals surface area contributed by atoms with E-state index in [9.17, 15) is 9.59 Å². The number of nitrogens with zero attached hydrogens (tertiary/aromatic N) is 1. The normalized spacial score (nSPS) is 12.0. The average Bonchev–Trinajstić information content (AvgIpc) is 2.44. The Morgan fingerprint density at radius 1 is 1.38 bits per heavy atom. The Balaban J connectivity index is 2.64. The number of hydrogen-bond donors (Lipinski definition) is 2. The molecule has 116 valence electrons. The fraction of sp³-hybridized carbons (Fsp3) is 0.467. The number of amides is 1. The minimum Gasteiger partial charge on any atom is -0.495 e. The number of nitrogens with one attached hydrogen (secondary N) is 1. The van der Waals surface area contributed by atoms with Crippen LogP contribution in [-0.4, -0.2) is 48.1 Å². The molecule has 0 aliphatic heterocycles. The van der Waals surface area contributed by atoms with Crippen molar-refractivity contribution in [1.82, 2.24) is 4.90 Å². The van der Waals surface area contributed by atoms with Gasteiger partial charge in [-0.1, -0.05) is 19.1 Å². The Bertz CT molecular complexity index is 490. The first-order chi connectivity index (χ1) is 9.97. The third-order valence-electron chi connectivity index (χ3n) is 3.23. The molecular formula is C15H22N2O4. The lowest BCUT2D eigenvalue weighted by Crippen LogP contribution is -2.40. The molecule has 1 unspecified atom stereocenters. The van der Waals surface area contributed by atoms with Gasteiger partial charge in [-0.25, -0.2) is 0 Å². The molecule has 0 aromatic heterocycles. The molecule has 6 nitrogen and oxygen atoms in total. The van der Waals surface area contributed by atoms with E-state index in [-0.39, 0.29) is 24.9 Å². The summed E-state index contributed by atoms with van der Waals surface area (Å²) in [6.07, 6.45) is 0.00970. The summed E-state index contributed by atoms with van der Waals surface area (Å²) in [5, 5.41) is 11.6. The van der Waals surface area contributed by atoms with Gasteiger partial charge in [0.1, 0.15) is 5.75 Å². The fourth-order valence-electron chi connectivity index (χ4n) is 2.08. The van der Waals surface area contributed by atoms with Gasteiger partial charge in [0.2, 0.25) is 5.91 Å². The number of carboxylic acids is 1. The van der Waals surface area contributed by atoms with Crippen LogP contribution in [-0.2, 0) is 9.59 Å². The quantitative estimate of drug-likeness (QED) is 0.764. The number of carbonyl (C=O) groups excluding carboxylic acids is 1. The van der Waals surface area contributed by atoms with E-state index in [4.69, 9.17) is 9.84 Å². The Kier molecular flexibility index (Phi) is 6.68. The molecule has 0 spiro atoms. The van der Waals surface area contributed by atoms with Crippen molar-refractivity contribution in [2.75, 3.05) is 25.5 Å². The minimum absolute atomic E-state index is 0.00970.